The van der Waals surface area contributed by atoms with Gasteiger partial charge >= 0.3 is 0 Å². The van der Waals surface area contributed by atoms with Crippen molar-refractivity contribution in [2.75, 3.05) is 13.7 Å². The van der Waals surface area contributed by atoms with E-state index >= 15 is 0 Å². The zero-order chi connectivity index (χ0) is 15.2. The highest BCUT2D eigenvalue weighted by atomic mass is 35.5. The Morgan fingerprint density at radius 1 is 1.29 bits per heavy atom. The Morgan fingerprint density at radius 3 is 2.71 bits per heavy atom. The third kappa shape index (κ3) is 3.96. The fraction of sp³-hybridized carbons (Fsp3) is 0.353. The van der Waals surface area contributed by atoms with Gasteiger partial charge in [-0.05, 0) is 49.7 Å². The lowest BCUT2D eigenvalue weighted by Gasteiger charge is -2.22. The van der Waals surface area contributed by atoms with Crippen LogP contribution in [0.15, 0.2) is 36.5 Å². The van der Waals surface area contributed by atoms with Crippen LogP contribution in [-0.4, -0.2) is 18.6 Å². The molecule has 1 aromatic carbocycles. The zero-order valence-corrected chi connectivity index (χ0v) is 13.4. The van der Waals surface area contributed by atoms with Gasteiger partial charge in [-0.2, -0.15) is 0 Å². The topological polar surface area (TPSA) is 34.2 Å². The summed E-state index contributed by atoms with van der Waals surface area (Å²) in [6, 6.07) is 9.83. The summed E-state index contributed by atoms with van der Waals surface area (Å²) in [7, 11) is 1.68. The highest BCUT2D eigenvalue weighted by Crippen LogP contribution is 2.32. The third-order valence-corrected chi connectivity index (χ3v) is 3.60. The second-order valence-electron chi connectivity index (χ2n) is 5.01. The molecule has 0 spiro atoms. The molecule has 0 radical (unpaired) electrons. The summed E-state index contributed by atoms with van der Waals surface area (Å²) in [4.78, 5) is 4.40. The second-order valence-corrected chi connectivity index (χ2v) is 5.44. The summed E-state index contributed by atoms with van der Waals surface area (Å²) in [5, 5.41) is 4.25. The van der Waals surface area contributed by atoms with E-state index in [1.807, 2.05) is 37.4 Å². The number of methoxy groups -OCH3 is 1. The molecule has 3 nitrogen and oxygen atoms in total. The van der Waals surface area contributed by atoms with E-state index in [0.717, 1.165) is 35.5 Å². The van der Waals surface area contributed by atoms with Gasteiger partial charge in [0.1, 0.15) is 5.75 Å². The second kappa shape index (κ2) is 7.43. The van der Waals surface area contributed by atoms with Crippen LogP contribution in [-0.2, 0) is 0 Å². The van der Waals surface area contributed by atoms with E-state index in [1.165, 1.54) is 0 Å². The van der Waals surface area contributed by atoms with Gasteiger partial charge in [-0.3, -0.25) is 4.98 Å². The Hall–Kier alpha value is -1.58. The van der Waals surface area contributed by atoms with E-state index in [1.54, 1.807) is 7.11 Å². The van der Waals surface area contributed by atoms with Crippen molar-refractivity contribution in [3.63, 3.8) is 0 Å². The Morgan fingerprint density at radius 2 is 2.10 bits per heavy atom. The molecule has 1 N–H and O–H groups in total. The van der Waals surface area contributed by atoms with Crippen molar-refractivity contribution in [1.29, 1.82) is 0 Å². The summed E-state index contributed by atoms with van der Waals surface area (Å²) in [6.45, 7) is 5.04. The highest BCUT2D eigenvalue weighted by molar-refractivity contribution is 6.30. The number of ether oxygens (including phenoxy) is 1. The molecule has 0 bridgehead atoms. The van der Waals surface area contributed by atoms with Gasteiger partial charge in [0.2, 0.25) is 0 Å². The largest absolute Gasteiger partial charge is 0.496 e. The third-order valence-electron chi connectivity index (χ3n) is 3.37. The Kier molecular flexibility index (Phi) is 5.59. The Labute approximate surface area is 131 Å². The van der Waals surface area contributed by atoms with Gasteiger partial charge < -0.3 is 10.1 Å². The fourth-order valence-electron chi connectivity index (χ4n) is 2.28. The van der Waals surface area contributed by atoms with Crippen LogP contribution >= 0.6 is 11.6 Å². The lowest BCUT2D eigenvalue weighted by Crippen LogP contribution is -2.24. The molecule has 1 aromatic heterocycles. The molecule has 112 valence electrons. The number of aromatic nitrogens is 1. The number of benzene rings is 1. The van der Waals surface area contributed by atoms with Crippen molar-refractivity contribution < 1.29 is 4.74 Å². The lowest BCUT2D eigenvalue weighted by molar-refractivity contribution is 0.404. The molecule has 21 heavy (non-hydrogen) atoms. The summed E-state index contributed by atoms with van der Waals surface area (Å²) < 4.78 is 5.49. The molecule has 0 amide bonds. The van der Waals surface area contributed by atoms with Crippen LogP contribution in [0.25, 0.3) is 0 Å². The average Bonchev–Trinajstić information content (AvgIpc) is 2.49. The van der Waals surface area contributed by atoms with Crippen LogP contribution in [0.2, 0.25) is 5.02 Å². The monoisotopic (exact) mass is 304 g/mol. The molecular weight excluding hydrogens is 284 g/mol. The molecule has 0 aliphatic heterocycles. The first kappa shape index (κ1) is 15.8. The number of halogens is 1. The van der Waals surface area contributed by atoms with E-state index < -0.39 is 0 Å². The van der Waals surface area contributed by atoms with Crippen LogP contribution in [0.1, 0.15) is 36.2 Å². The quantitative estimate of drug-likeness (QED) is 0.871. The minimum atomic E-state index is 0.0201. The van der Waals surface area contributed by atoms with Crippen molar-refractivity contribution in [2.45, 2.75) is 26.3 Å². The maximum absolute atomic E-state index is 6.17. The number of nitrogens with one attached hydrogen (secondary N) is 1. The highest BCUT2D eigenvalue weighted by Gasteiger charge is 2.18. The molecule has 0 saturated carbocycles. The predicted molar refractivity (Wildman–Crippen MR) is 87.1 cm³/mol. The van der Waals surface area contributed by atoms with Crippen LogP contribution in [0.5, 0.6) is 5.75 Å². The number of hydrogen-bond donors (Lipinski definition) is 1. The maximum Gasteiger partial charge on any atom is 0.124 e. The van der Waals surface area contributed by atoms with E-state index in [-0.39, 0.29) is 6.04 Å². The smallest absolute Gasteiger partial charge is 0.124 e. The lowest BCUT2D eigenvalue weighted by atomic mass is 9.98. The Balaban J connectivity index is 2.44. The van der Waals surface area contributed by atoms with Crippen LogP contribution in [0, 0.1) is 6.92 Å². The molecule has 4 heteroatoms. The van der Waals surface area contributed by atoms with Crippen molar-refractivity contribution in [3.8, 4) is 5.75 Å². The van der Waals surface area contributed by atoms with E-state index in [2.05, 4.69) is 23.3 Å². The van der Waals surface area contributed by atoms with Gasteiger partial charge in [0.15, 0.2) is 0 Å². The summed E-state index contributed by atoms with van der Waals surface area (Å²) >= 11 is 6.17. The molecule has 0 aliphatic carbocycles. The molecular formula is C17H21ClN2O. The van der Waals surface area contributed by atoms with Crippen molar-refractivity contribution in [3.05, 3.63) is 58.4 Å². The normalized spacial score (nSPS) is 12.2. The molecule has 1 atom stereocenters. The van der Waals surface area contributed by atoms with Crippen molar-refractivity contribution >= 4 is 11.6 Å². The first-order valence-electron chi connectivity index (χ1n) is 7.15. The number of rotatable bonds is 6. The SMILES string of the molecule is CCCNC(c1ccc(C)nc1)c1cc(Cl)ccc1OC. The number of pyridine rings is 1. The molecule has 0 saturated heterocycles. The summed E-state index contributed by atoms with van der Waals surface area (Å²) in [5.74, 6) is 0.827. The molecule has 0 aliphatic rings. The average molecular weight is 305 g/mol. The van der Waals surface area contributed by atoms with Crippen molar-refractivity contribution in [2.24, 2.45) is 0 Å². The van der Waals surface area contributed by atoms with Crippen LogP contribution < -0.4 is 10.1 Å². The van der Waals surface area contributed by atoms with E-state index in [4.69, 9.17) is 16.3 Å². The first-order chi connectivity index (χ1) is 10.2. The Bertz CT molecular complexity index is 584. The van der Waals surface area contributed by atoms with Gasteiger partial charge in [-0.15, -0.1) is 0 Å². The molecule has 1 unspecified atom stereocenters. The molecule has 0 fully saturated rings. The van der Waals surface area contributed by atoms with Crippen LogP contribution in [0.3, 0.4) is 0 Å². The molecule has 2 aromatic rings. The number of nitrogens with zero attached hydrogens (tertiary/aromatic N) is 1. The van der Waals surface area contributed by atoms with Crippen LogP contribution in [0.4, 0.5) is 0 Å². The fourth-order valence-corrected chi connectivity index (χ4v) is 2.46. The van der Waals surface area contributed by atoms with E-state index in [0.29, 0.717) is 5.02 Å². The minimum absolute atomic E-state index is 0.0201. The maximum atomic E-state index is 6.17. The van der Waals surface area contributed by atoms with E-state index in [9.17, 15) is 0 Å². The van der Waals surface area contributed by atoms with Gasteiger partial charge in [0.25, 0.3) is 0 Å². The number of hydrogen-bond acceptors (Lipinski definition) is 3. The zero-order valence-electron chi connectivity index (χ0n) is 12.7. The summed E-state index contributed by atoms with van der Waals surface area (Å²) in [6.07, 6.45) is 2.96. The summed E-state index contributed by atoms with van der Waals surface area (Å²) in [5.41, 5.74) is 3.14. The first-order valence-corrected chi connectivity index (χ1v) is 7.53. The van der Waals surface area contributed by atoms with Gasteiger partial charge in [0.05, 0.1) is 13.2 Å². The predicted octanol–water partition coefficient (Wildman–Crippen LogP) is 4.14. The van der Waals surface area contributed by atoms with Crippen molar-refractivity contribution in [1.82, 2.24) is 10.3 Å². The molecule has 1 heterocycles. The van der Waals surface area contributed by atoms with Gasteiger partial charge in [0, 0.05) is 22.5 Å². The standard InChI is InChI=1S/C17H21ClN2O/c1-4-9-19-17(13-6-5-12(2)20-11-13)15-10-14(18)7-8-16(15)21-3/h5-8,10-11,17,19H,4,9H2,1-3H3. The molecule has 2 rings (SSSR count). The number of aryl methyl sites for hydroxylation is 1. The minimum Gasteiger partial charge on any atom is -0.496 e. The van der Waals surface area contributed by atoms with Gasteiger partial charge in [-0.25, -0.2) is 0 Å². The van der Waals surface area contributed by atoms with Gasteiger partial charge in [-0.1, -0.05) is 24.6 Å².